The molecule has 4 rings (SSSR count). The van der Waals surface area contributed by atoms with Gasteiger partial charge in [0, 0.05) is 29.7 Å². The van der Waals surface area contributed by atoms with Crippen molar-refractivity contribution in [3.63, 3.8) is 0 Å². The van der Waals surface area contributed by atoms with E-state index in [0.29, 0.717) is 12.3 Å². The Morgan fingerprint density at radius 3 is 2.67 bits per heavy atom. The maximum absolute atomic E-state index is 12.6. The smallest absolute Gasteiger partial charge is 0.227 e. The predicted molar refractivity (Wildman–Crippen MR) is 109 cm³/mol. The molecule has 1 aliphatic heterocycles. The van der Waals surface area contributed by atoms with E-state index < -0.39 is 0 Å². The lowest BCUT2D eigenvalue weighted by Gasteiger charge is -2.36. The van der Waals surface area contributed by atoms with E-state index in [-0.39, 0.29) is 18.1 Å². The molecule has 1 aliphatic carbocycles. The number of thiazole rings is 1. The van der Waals surface area contributed by atoms with Crippen LogP contribution in [0.3, 0.4) is 0 Å². The maximum Gasteiger partial charge on any atom is 0.227 e. The number of hydrogen-bond donors (Lipinski definition) is 1. The monoisotopic (exact) mass is 384 g/mol. The summed E-state index contributed by atoms with van der Waals surface area (Å²) in [5.41, 5.74) is 1.96. The van der Waals surface area contributed by atoms with Gasteiger partial charge >= 0.3 is 0 Å². The Bertz CT molecular complexity index is 740. The lowest BCUT2D eigenvalue weighted by Crippen LogP contribution is -2.43. The number of aromatic nitrogens is 1. The standard InChI is InChI=1S/C22H28N2O2S/c25-21-9-3-7-18(6-2-8-20-23-14-15-27-20)24(21)19-12-10-17(11-13-19)22(26)16-4-1-5-16/h10-16,18,22,26H,1-9H2. The Kier molecular flexibility index (Phi) is 5.89. The summed E-state index contributed by atoms with van der Waals surface area (Å²) < 4.78 is 0. The molecule has 2 aromatic rings. The Balaban J connectivity index is 1.42. The molecule has 0 radical (unpaired) electrons. The molecule has 1 aromatic heterocycles. The number of carbonyl (C=O) groups excluding carboxylic acids is 1. The average Bonchev–Trinajstić information content (AvgIpc) is 3.14. The number of hydrogen-bond acceptors (Lipinski definition) is 4. The van der Waals surface area contributed by atoms with Crippen LogP contribution in [0.5, 0.6) is 0 Å². The average molecular weight is 385 g/mol. The van der Waals surface area contributed by atoms with Crippen molar-refractivity contribution in [2.45, 2.75) is 69.9 Å². The number of aliphatic hydroxyl groups is 1. The van der Waals surface area contributed by atoms with Crippen molar-refractivity contribution in [2.75, 3.05) is 4.90 Å². The first-order valence-corrected chi connectivity index (χ1v) is 11.1. The molecule has 0 bridgehead atoms. The third-order valence-electron chi connectivity index (χ3n) is 6.08. The zero-order valence-electron chi connectivity index (χ0n) is 15.7. The van der Waals surface area contributed by atoms with Gasteiger partial charge in [-0.25, -0.2) is 4.98 Å². The molecular formula is C22H28N2O2S. The van der Waals surface area contributed by atoms with Crippen molar-refractivity contribution in [2.24, 2.45) is 5.92 Å². The topological polar surface area (TPSA) is 53.4 Å². The predicted octanol–water partition coefficient (Wildman–Crippen LogP) is 4.89. The van der Waals surface area contributed by atoms with Gasteiger partial charge < -0.3 is 10.0 Å². The molecule has 1 amide bonds. The minimum Gasteiger partial charge on any atom is -0.388 e. The van der Waals surface area contributed by atoms with E-state index in [2.05, 4.69) is 4.98 Å². The first-order chi connectivity index (χ1) is 13.2. The number of piperidine rings is 1. The van der Waals surface area contributed by atoms with Crippen molar-refractivity contribution >= 4 is 22.9 Å². The van der Waals surface area contributed by atoms with Crippen molar-refractivity contribution in [1.29, 1.82) is 0 Å². The number of aryl methyl sites for hydroxylation is 1. The van der Waals surface area contributed by atoms with Crippen LogP contribution in [0.2, 0.25) is 0 Å². The zero-order chi connectivity index (χ0) is 18.6. The fraction of sp³-hybridized carbons (Fsp3) is 0.545. The fourth-order valence-corrected chi connectivity index (χ4v) is 4.96. The molecule has 1 saturated carbocycles. The van der Waals surface area contributed by atoms with Crippen molar-refractivity contribution in [1.82, 2.24) is 4.98 Å². The van der Waals surface area contributed by atoms with E-state index in [1.165, 1.54) is 11.4 Å². The number of anilines is 1. The minimum absolute atomic E-state index is 0.229. The van der Waals surface area contributed by atoms with Crippen LogP contribution >= 0.6 is 11.3 Å². The van der Waals surface area contributed by atoms with Gasteiger partial charge in [-0.15, -0.1) is 11.3 Å². The van der Waals surface area contributed by atoms with Gasteiger partial charge in [-0.2, -0.15) is 0 Å². The van der Waals surface area contributed by atoms with Crippen LogP contribution in [0.1, 0.15) is 68.0 Å². The van der Waals surface area contributed by atoms with Crippen LogP contribution in [0.4, 0.5) is 5.69 Å². The summed E-state index contributed by atoms with van der Waals surface area (Å²) in [6, 6.07) is 8.33. The third kappa shape index (κ3) is 4.25. The lowest BCUT2D eigenvalue weighted by molar-refractivity contribution is -0.120. The van der Waals surface area contributed by atoms with Crippen LogP contribution in [0, 0.1) is 5.92 Å². The van der Waals surface area contributed by atoms with Gasteiger partial charge in [0.05, 0.1) is 11.1 Å². The van der Waals surface area contributed by atoms with Gasteiger partial charge in [0.25, 0.3) is 0 Å². The first kappa shape index (κ1) is 18.6. The summed E-state index contributed by atoms with van der Waals surface area (Å²) in [6.07, 6.45) is 10.7. The van der Waals surface area contributed by atoms with Crippen LogP contribution in [-0.4, -0.2) is 22.0 Å². The molecule has 2 unspecified atom stereocenters. The van der Waals surface area contributed by atoms with Gasteiger partial charge in [0.2, 0.25) is 5.91 Å². The molecule has 1 aromatic carbocycles. The first-order valence-electron chi connectivity index (χ1n) is 10.2. The largest absolute Gasteiger partial charge is 0.388 e. The molecule has 2 aliphatic rings. The summed E-state index contributed by atoms with van der Waals surface area (Å²) in [5.74, 6) is 0.638. The second kappa shape index (κ2) is 8.53. The molecule has 2 fully saturated rings. The number of rotatable bonds is 7. The Morgan fingerprint density at radius 2 is 2.00 bits per heavy atom. The van der Waals surface area contributed by atoms with Gasteiger partial charge in [0.1, 0.15) is 0 Å². The summed E-state index contributed by atoms with van der Waals surface area (Å²) in [5, 5.41) is 13.7. The summed E-state index contributed by atoms with van der Waals surface area (Å²) in [4.78, 5) is 19.0. The zero-order valence-corrected chi connectivity index (χ0v) is 16.5. The van der Waals surface area contributed by atoms with E-state index in [1.807, 2.05) is 40.7 Å². The van der Waals surface area contributed by atoms with Crippen LogP contribution in [-0.2, 0) is 11.2 Å². The maximum atomic E-state index is 12.6. The van der Waals surface area contributed by atoms with Gasteiger partial charge in [-0.05, 0) is 68.6 Å². The molecule has 4 nitrogen and oxygen atoms in total. The number of carbonyl (C=O) groups is 1. The Morgan fingerprint density at radius 1 is 1.19 bits per heavy atom. The van der Waals surface area contributed by atoms with E-state index in [4.69, 9.17) is 0 Å². The van der Waals surface area contributed by atoms with Crippen molar-refractivity contribution in [3.8, 4) is 0 Å². The van der Waals surface area contributed by atoms with E-state index in [0.717, 1.165) is 56.2 Å². The van der Waals surface area contributed by atoms with Crippen molar-refractivity contribution in [3.05, 3.63) is 46.4 Å². The molecule has 2 heterocycles. The molecule has 27 heavy (non-hydrogen) atoms. The lowest BCUT2D eigenvalue weighted by atomic mass is 9.79. The quantitative estimate of drug-likeness (QED) is 0.740. The number of benzene rings is 1. The number of amides is 1. The van der Waals surface area contributed by atoms with Crippen molar-refractivity contribution < 1.29 is 9.90 Å². The Labute approximate surface area is 165 Å². The van der Waals surface area contributed by atoms with E-state index >= 15 is 0 Å². The fourth-order valence-electron chi connectivity index (χ4n) is 4.30. The second-order valence-corrected chi connectivity index (χ2v) is 8.83. The summed E-state index contributed by atoms with van der Waals surface area (Å²) in [6.45, 7) is 0. The molecular weight excluding hydrogens is 356 g/mol. The highest BCUT2D eigenvalue weighted by Crippen LogP contribution is 2.38. The molecule has 5 heteroatoms. The van der Waals surface area contributed by atoms with E-state index in [9.17, 15) is 9.90 Å². The molecule has 1 N–H and O–H groups in total. The molecule has 144 valence electrons. The van der Waals surface area contributed by atoms with E-state index in [1.54, 1.807) is 11.3 Å². The van der Waals surface area contributed by atoms with Gasteiger partial charge in [-0.3, -0.25) is 4.79 Å². The summed E-state index contributed by atoms with van der Waals surface area (Å²) >= 11 is 1.71. The second-order valence-electron chi connectivity index (χ2n) is 7.86. The van der Waals surface area contributed by atoms with Crippen LogP contribution < -0.4 is 4.90 Å². The van der Waals surface area contributed by atoms with Crippen LogP contribution in [0.25, 0.3) is 0 Å². The van der Waals surface area contributed by atoms with Gasteiger partial charge in [-0.1, -0.05) is 18.6 Å². The molecule has 1 saturated heterocycles. The molecule has 2 atom stereocenters. The Hall–Kier alpha value is -1.72. The third-order valence-corrected chi connectivity index (χ3v) is 6.92. The number of nitrogens with zero attached hydrogens (tertiary/aromatic N) is 2. The minimum atomic E-state index is -0.362. The highest BCUT2D eigenvalue weighted by atomic mass is 32.1. The van der Waals surface area contributed by atoms with Crippen LogP contribution in [0.15, 0.2) is 35.8 Å². The summed E-state index contributed by atoms with van der Waals surface area (Å²) in [7, 11) is 0. The SMILES string of the molecule is O=C1CCCC(CCCc2nccs2)N1c1ccc(C(O)C2CCC2)cc1. The normalized spacial score (nSPS) is 21.9. The highest BCUT2D eigenvalue weighted by molar-refractivity contribution is 7.09. The van der Waals surface area contributed by atoms with Gasteiger partial charge in [0.15, 0.2) is 0 Å². The highest BCUT2D eigenvalue weighted by Gasteiger charge is 2.30. The number of aliphatic hydroxyl groups excluding tert-OH is 1. The molecule has 0 spiro atoms.